The molecular formula is C40H62O5Si. The van der Waals surface area contributed by atoms with Gasteiger partial charge in [-0.15, -0.1) is 0 Å². The van der Waals surface area contributed by atoms with E-state index in [1.165, 1.54) is 83.1 Å². The maximum Gasteiger partial charge on any atom is 0.333 e. The van der Waals surface area contributed by atoms with Gasteiger partial charge >= 0.3 is 11.9 Å². The van der Waals surface area contributed by atoms with Gasteiger partial charge in [0, 0.05) is 22.3 Å². The number of aromatic hydroxyl groups is 1. The Morgan fingerprint density at radius 1 is 0.739 bits per heavy atom. The zero-order valence-electron chi connectivity index (χ0n) is 29.6. The van der Waals surface area contributed by atoms with Crippen LogP contribution in [0.1, 0.15) is 133 Å². The highest BCUT2D eigenvalue weighted by Crippen LogP contribution is 2.49. The molecule has 0 aromatic heterocycles. The molecule has 1 N–H and O–H groups in total. The van der Waals surface area contributed by atoms with Crippen molar-refractivity contribution < 1.29 is 24.2 Å². The van der Waals surface area contributed by atoms with E-state index in [1.807, 2.05) is 12.1 Å². The molecule has 0 amide bonds. The second-order valence-electron chi connectivity index (χ2n) is 15.9. The Hall–Kier alpha value is -2.34. The highest BCUT2D eigenvalue weighted by molar-refractivity contribution is 6.78. The van der Waals surface area contributed by atoms with Crippen molar-refractivity contribution in [1.82, 2.24) is 0 Å². The second kappa shape index (κ2) is 16.7. The zero-order valence-corrected chi connectivity index (χ0v) is 30.6. The van der Waals surface area contributed by atoms with Crippen LogP contribution < -0.4 is 0 Å². The van der Waals surface area contributed by atoms with Crippen molar-refractivity contribution >= 4 is 20.0 Å². The van der Waals surface area contributed by atoms with E-state index in [0.29, 0.717) is 28.2 Å². The molecule has 0 atom stereocenters. The van der Waals surface area contributed by atoms with Crippen LogP contribution in [0.3, 0.4) is 0 Å². The van der Waals surface area contributed by atoms with Gasteiger partial charge in [-0.05, 0) is 118 Å². The van der Waals surface area contributed by atoms with Gasteiger partial charge in [-0.1, -0.05) is 77.7 Å². The number of esters is 2. The topological polar surface area (TPSA) is 72.8 Å². The van der Waals surface area contributed by atoms with Gasteiger partial charge < -0.3 is 14.6 Å². The summed E-state index contributed by atoms with van der Waals surface area (Å²) in [5.41, 5.74) is 3.88. The molecule has 3 fully saturated rings. The number of hydrogen-bond acceptors (Lipinski definition) is 5. The number of hydrogen-bond donors (Lipinski definition) is 1. The molecule has 3 aliphatic carbocycles. The van der Waals surface area contributed by atoms with Gasteiger partial charge in [-0.2, -0.15) is 0 Å². The molecule has 0 aliphatic heterocycles. The van der Waals surface area contributed by atoms with Crippen molar-refractivity contribution in [3.8, 4) is 5.75 Å². The molecule has 5 nitrogen and oxygen atoms in total. The van der Waals surface area contributed by atoms with Gasteiger partial charge in [0.25, 0.3) is 0 Å². The van der Waals surface area contributed by atoms with Gasteiger partial charge in [0.05, 0.1) is 8.07 Å². The second-order valence-corrected chi connectivity index (χ2v) is 21.2. The number of unbranched alkanes of at least 4 members (excludes halogenated alkanes) is 1. The molecule has 6 heteroatoms. The van der Waals surface area contributed by atoms with Crippen molar-refractivity contribution in [3.63, 3.8) is 0 Å². The van der Waals surface area contributed by atoms with Crippen molar-refractivity contribution in [2.45, 2.75) is 154 Å². The molecule has 3 aliphatic rings. The number of phenols is 1. The molecule has 1 aromatic carbocycles. The van der Waals surface area contributed by atoms with Gasteiger partial charge in [0.1, 0.15) is 19.0 Å². The largest absolute Gasteiger partial charge is 0.507 e. The minimum absolute atomic E-state index is 0.00833. The molecule has 1 aromatic rings. The molecule has 4 rings (SSSR count). The first kappa shape index (κ1) is 36.5. The number of ether oxygens (including phenoxy) is 2. The fourth-order valence-corrected chi connectivity index (χ4v) is 12.6. The lowest BCUT2D eigenvalue weighted by Crippen LogP contribution is -2.36. The molecule has 46 heavy (non-hydrogen) atoms. The minimum atomic E-state index is -1.06. The summed E-state index contributed by atoms with van der Waals surface area (Å²) in [7, 11) is -1.06. The van der Waals surface area contributed by atoms with Crippen LogP contribution in [-0.4, -0.2) is 25.1 Å². The maximum atomic E-state index is 12.1. The first-order valence-electron chi connectivity index (χ1n) is 18.4. The molecular weight excluding hydrogens is 589 g/mol. The molecule has 0 saturated heterocycles. The van der Waals surface area contributed by atoms with Crippen LogP contribution in [0.5, 0.6) is 5.75 Å². The lowest BCUT2D eigenvalue weighted by molar-refractivity contribution is -0.140. The molecule has 0 radical (unpaired) electrons. The molecule has 256 valence electrons. The fraction of sp³-hybridized carbons (Fsp3) is 0.700. The Morgan fingerprint density at radius 3 is 1.52 bits per heavy atom. The Labute approximate surface area is 280 Å². The quantitative estimate of drug-likeness (QED) is 0.131. The summed E-state index contributed by atoms with van der Waals surface area (Å²) in [6.07, 6.45) is 19.2. The van der Waals surface area contributed by atoms with Gasteiger partial charge in [0.2, 0.25) is 0 Å². The Bertz CT molecular complexity index is 1160. The molecule has 0 bridgehead atoms. The normalized spacial score (nSPS) is 27.1. The lowest BCUT2D eigenvalue weighted by Gasteiger charge is -2.43. The molecule has 0 spiro atoms. The van der Waals surface area contributed by atoms with Gasteiger partial charge in [0.15, 0.2) is 0 Å². The van der Waals surface area contributed by atoms with E-state index in [4.69, 9.17) is 9.47 Å². The Morgan fingerprint density at radius 2 is 1.13 bits per heavy atom. The van der Waals surface area contributed by atoms with Crippen molar-refractivity contribution in [1.29, 1.82) is 0 Å². The summed E-state index contributed by atoms with van der Waals surface area (Å²) in [5, 5.41) is 11.0. The predicted molar refractivity (Wildman–Crippen MR) is 190 cm³/mol. The summed E-state index contributed by atoms with van der Waals surface area (Å²) < 4.78 is 10.8. The van der Waals surface area contributed by atoms with Crippen LogP contribution >= 0.6 is 0 Å². The average Bonchev–Trinajstić information content (AvgIpc) is 3.06. The smallest absolute Gasteiger partial charge is 0.333 e. The minimum Gasteiger partial charge on any atom is -0.507 e. The summed E-state index contributed by atoms with van der Waals surface area (Å²) >= 11 is 0. The fourth-order valence-electron chi connectivity index (χ4n) is 9.00. The predicted octanol–water partition coefficient (Wildman–Crippen LogP) is 10.8. The maximum absolute atomic E-state index is 12.1. The molecule has 0 unspecified atom stereocenters. The van der Waals surface area contributed by atoms with E-state index >= 15 is 0 Å². The average molecular weight is 651 g/mol. The van der Waals surface area contributed by atoms with Crippen LogP contribution in [0.15, 0.2) is 36.4 Å². The van der Waals surface area contributed by atoms with E-state index in [1.54, 1.807) is 13.8 Å². The Kier molecular flexibility index (Phi) is 13.2. The molecule has 0 heterocycles. The number of benzene rings is 1. The van der Waals surface area contributed by atoms with Crippen LogP contribution in [-0.2, 0) is 32.3 Å². The van der Waals surface area contributed by atoms with E-state index < -0.39 is 20.0 Å². The van der Waals surface area contributed by atoms with Gasteiger partial charge in [-0.25, -0.2) is 9.59 Å². The molecule has 3 saturated carbocycles. The summed E-state index contributed by atoms with van der Waals surface area (Å²) in [6.45, 7) is 18.1. The SMILES string of the molecule is C=C(C)C(=O)OCc1cc(C2CCC(C3CCC(C4CCC([Si](C)(C)CCCC)CC4)CC3)CC2)cc(COC(=O)C(=C)C)c1O. The van der Waals surface area contributed by atoms with E-state index in [-0.39, 0.29) is 19.0 Å². The summed E-state index contributed by atoms with van der Waals surface area (Å²) in [4.78, 5) is 24.2. The highest BCUT2D eigenvalue weighted by Gasteiger charge is 2.38. The van der Waals surface area contributed by atoms with Crippen molar-refractivity contribution in [2.75, 3.05) is 0 Å². The Balaban J connectivity index is 1.30. The van der Waals surface area contributed by atoms with Crippen LogP contribution in [0.2, 0.25) is 24.7 Å². The number of carbonyl (C=O) groups is 2. The highest BCUT2D eigenvalue weighted by atomic mass is 28.3. The monoisotopic (exact) mass is 650 g/mol. The standard InChI is InChI=1S/C40H62O5Si/c1-8-9-22-46(6,7)37-20-18-32(19-21-37)31-12-10-29(11-13-31)30-14-16-33(17-15-30)34-23-35(25-44-39(42)27(2)3)38(41)36(24-34)26-45-40(43)28(4)5/h23-24,29-33,37,41H,2,4,8-22,25-26H2,1,3,5-7H3. The van der Waals surface area contributed by atoms with E-state index in [2.05, 4.69) is 33.2 Å². The zero-order chi connectivity index (χ0) is 33.4. The van der Waals surface area contributed by atoms with Crippen molar-refractivity contribution in [2.24, 2.45) is 23.7 Å². The third kappa shape index (κ3) is 9.61. The van der Waals surface area contributed by atoms with Crippen LogP contribution in [0.25, 0.3) is 0 Å². The first-order chi connectivity index (χ1) is 21.9. The summed E-state index contributed by atoms with van der Waals surface area (Å²) in [6, 6.07) is 5.48. The van der Waals surface area contributed by atoms with Crippen LogP contribution in [0, 0.1) is 23.7 Å². The number of rotatable bonds is 13. The van der Waals surface area contributed by atoms with Crippen molar-refractivity contribution in [3.05, 3.63) is 53.1 Å². The number of phenolic OH excluding ortho intramolecular Hbond substituents is 1. The van der Waals surface area contributed by atoms with Crippen LogP contribution in [0.4, 0.5) is 0 Å². The third-order valence-electron chi connectivity index (χ3n) is 12.1. The van der Waals surface area contributed by atoms with E-state index in [9.17, 15) is 14.7 Å². The first-order valence-corrected chi connectivity index (χ1v) is 21.7. The van der Waals surface area contributed by atoms with E-state index in [0.717, 1.165) is 47.6 Å². The number of carbonyl (C=O) groups excluding carboxylic acids is 2. The lowest BCUT2D eigenvalue weighted by atomic mass is 9.65. The summed E-state index contributed by atoms with van der Waals surface area (Å²) in [5.74, 6) is 3.01. The third-order valence-corrected chi connectivity index (χ3v) is 16.6. The van der Waals surface area contributed by atoms with Gasteiger partial charge in [-0.3, -0.25) is 0 Å².